The number of hydrogen-bond acceptors (Lipinski definition) is 18. The summed E-state index contributed by atoms with van der Waals surface area (Å²) in [5, 5.41) is 138. The lowest BCUT2D eigenvalue weighted by Crippen LogP contribution is -2.60. The van der Waals surface area contributed by atoms with E-state index in [9.17, 15) is 75.7 Å². The highest BCUT2D eigenvalue weighted by molar-refractivity contribution is 5.90. The fourth-order valence-electron chi connectivity index (χ4n) is 10.5. The van der Waals surface area contributed by atoms with Gasteiger partial charge in [0.1, 0.15) is 24.7 Å². The Balaban J connectivity index is 2.42. The summed E-state index contributed by atoms with van der Waals surface area (Å²) in [5.41, 5.74) is 0. The predicted molar refractivity (Wildman–Crippen MR) is 307 cm³/mol. The van der Waals surface area contributed by atoms with E-state index in [0.717, 1.165) is 51.0 Å². The molecule has 1 saturated heterocycles. The maximum atomic E-state index is 13.9. The largest absolute Gasteiger partial charge is 0.481 e. The van der Waals surface area contributed by atoms with Gasteiger partial charge in [-0.1, -0.05) is 103 Å². The average molecular weight is 1160 g/mol. The minimum Gasteiger partial charge on any atom is -0.481 e. The predicted octanol–water partition coefficient (Wildman–Crippen LogP) is 3.56. The number of cyclic esters (lactones) is 1. The summed E-state index contributed by atoms with van der Waals surface area (Å²) >= 11 is 0. The van der Waals surface area contributed by atoms with E-state index in [4.69, 9.17) is 14.2 Å². The van der Waals surface area contributed by atoms with E-state index in [0.29, 0.717) is 0 Å². The zero-order valence-corrected chi connectivity index (χ0v) is 49.8. The smallest absolute Gasteiger partial charge is 0.317 e. The Morgan fingerprint density at radius 2 is 1.40 bits per heavy atom. The number of aliphatic hydroxyl groups excluding tert-OH is 10. The minimum atomic E-state index is -2.54. The zero-order valence-electron chi connectivity index (χ0n) is 49.8. The second kappa shape index (κ2) is 37.5. The molecule has 0 spiro atoms. The van der Waals surface area contributed by atoms with Gasteiger partial charge in [-0.15, -0.1) is 0 Å². The second-order valence-electron chi connectivity index (χ2n) is 23.6. The maximum Gasteiger partial charge on any atom is 0.317 e. The molecule has 22 atom stereocenters. The highest BCUT2D eigenvalue weighted by Crippen LogP contribution is 2.36. The van der Waals surface area contributed by atoms with Crippen LogP contribution < -0.4 is 10.6 Å². The molecule has 81 heavy (non-hydrogen) atoms. The zero-order chi connectivity index (χ0) is 61.1. The van der Waals surface area contributed by atoms with E-state index in [1.54, 1.807) is 59.9 Å². The third-order valence-electron chi connectivity index (χ3n) is 16.4. The number of ether oxygens (including phenoxy) is 3. The van der Waals surface area contributed by atoms with Crippen molar-refractivity contribution in [3.8, 4) is 0 Å². The molecule has 0 amide bonds. The van der Waals surface area contributed by atoms with Crippen molar-refractivity contribution >= 4 is 23.9 Å². The summed E-state index contributed by atoms with van der Waals surface area (Å²) < 4.78 is 17.6. The van der Waals surface area contributed by atoms with Gasteiger partial charge in [-0.2, -0.15) is 0 Å². The number of aliphatic imine (C=N–C) groups is 1. The molecule has 2 rings (SSSR count). The van der Waals surface area contributed by atoms with Gasteiger partial charge in [0.05, 0.1) is 67.0 Å². The van der Waals surface area contributed by atoms with Gasteiger partial charge in [0, 0.05) is 76.4 Å². The number of fused-ring (bicyclic) bond motifs is 2. The molecule has 0 aromatic rings. The molecule has 2 heterocycles. The van der Waals surface area contributed by atoms with Crippen LogP contribution in [0, 0.1) is 47.3 Å². The number of nitrogens with zero attached hydrogens (tertiary/aromatic N) is 1. The number of esters is 2. The lowest BCUT2D eigenvalue weighted by atomic mass is 9.83. The van der Waals surface area contributed by atoms with E-state index in [1.807, 2.05) is 27.0 Å². The summed E-state index contributed by atoms with van der Waals surface area (Å²) in [7, 11) is 3.55. The van der Waals surface area contributed by atoms with E-state index in [1.165, 1.54) is 12.2 Å². The molecule has 21 nitrogen and oxygen atoms in total. The first-order valence-electron chi connectivity index (χ1n) is 29.4. The highest BCUT2D eigenvalue weighted by Gasteiger charge is 2.50. The third-order valence-corrected chi connectivity index (χ3v) is 16.4. The van der Waals surface area contributed by atoms with Crippen molar-refractivity contribution in [2.24, 2.45) is 52.3 Å². The number of allylic oxidation sites excluding steroid dienone is 4. The lowest BCUT2D eigenvalue weighted by Gasteiger charge is -2.45. The first kappa shape index (κ1) is 73.3. The van der Waals surface area contributed by atoms with Gasteiger partial charge in [0.2, 0.25) is 0 Å². The van der Waals surface area contributed by atoms with Crippen LogP contribution in [0.25, 0.3) is 0 Å². The Kier molecular flexibility index (Phi) is 33.9. The van der Waals surface area contributed by atoms with E-state index in [2.05, 4.69) is 34.7 Å². The number of guanidine groups is 1. The van der Waals surface area contributed by atoms with Crippen molar-refractivity contribution in [1.29, 1.82) is 0 Å². The van der Waals surface area contributed by atoms with Gasteiger partial charge >= 0.3 is 17.9 Å². The molecule has 0 radical (unpaired) electrons. The number of rotatable bonds is 14. The molecular weight excluding hydrogens is 1050 g/mol. The molecule has 0 aromatic carbocycles. The van der Waals surface area contributed by atoms with E-state index < -0.39 is 145 Å². The first-order chi connectivity index (χ1) is 38.0. The summed E-state index contributed by atoms with van der Waals surface area (Å²) in [4.78, 5) is 42.0. The van der Waals surface area contributed by atoms with Crippen molar-refractivity contribution < 1.29 is 89.9 Å². The second-order valence-corrected chi connectivity index (χ2v) is 23.6. The Hall–Kier alpha value is -3.84. The van der Waals surface area contributed by atoms with Gasteiger partial charge in [-0.3, -0.25) is 19.4 Å². The number of nitrogens with one attached hydrogen (secondary N) is 2. The SMILES string of the molecule is CN=C(NC)NCCC/C=C/CCCC(C)CC(C)C1OC(=O)C(C)C(O)C=CC(C)C(O)CC(O)C(C)C(O)CCC(C)C(O)CC2(O)OC(CC(OC(=O)CC(=O)O)CC(O)CC(O)C(C)C(O)C=CC=CC1C)CC(O)C2O. The van der Waals surface area contributed by atoms with Crippen molar-refractivity contribution in [3.05, 3.63) is 48.6 Å². The van der Waals surface area contributed by atoms with Crippen LogP contribution in [0.1, 0.15) is 152 Å². The maximum absolute atomic E-state index is 13.9. The van der Waals surface area contributed by atoms with Crippen LogP contribution in [0.15, 0.2) is 53.6 Å². The molecule has 14 N–H and O–H groups in total. The molecule has 2 bridgehead atoms. The number of carboxylic acids is 1. The van der Waals surface area contributed by atoms with Gasteiger partial charge in [-0.05, 0) is 76.0 Å². The molecule has 0 aliphatic carbocycles. The van der Waals surface area contributed by atoms with Gasteiger partial charge in [-0.25, -0.2) is 0 Å². The Bertz CT molecular complexity index is 1970. The van der Waals surface area contributed by atoms with Crippen LogP contribution >= 0.6 is 0 Å². The molecule has 0 saturated carbocycles. The number of hydrogen-bond donors (Lipinski definition) is 14. The Labute approximate surface area is 481 Å². The monoisotopic (exact) mass is 1160 g/mol. The lowest BCUT2D eigenvalue weighted by molar-refractivity contribution is -0.333. The van der Waals surface area contributed by atoms with Gasteiger partial charge in [0.15, 0.2) is 11.7 Å². The van der Waals surface area contributed by atoms with Crippen LogP contribution in [0.3, 0.4) is 0 Å². The fraction of sp³-hybridized carbons (Fsp3) is 0.800. The average Bonchev–Trinajstić information content (AvgIpc) is 3.41. The molecule has 468 valence electrons. The summed E-state index contributed by atoms with van der Waals surface area (Å²) in [5.74, 6) is -9.06. The Morgan fingerprint density at radius 1 is 0.753 bits per heavy atom. The molecule has 2 aliphatic heterocycles. The number of carbonyl (C=O) groups excluding carboxylic acids is 2. The molecule has 2 aliphatic rings. The number of aliphatic carboxylic acids is 1. The molecule has 1 fully saturated rings. The molecule has 22 unspecified atom stereocenters. The van der Waals surface area contributed by atoms with Crippen molar-refractivity contribution in [3.63, 3.8) is 0 Å². The first-order valence-corrected chi connectivity index (χ1v) is 29.4. The molecule has 21 heteroatoms. The van der Waals surface area contributed by atoms with Crippen LogP contribution in [0.2, 0.25) is 0 Å². The topological polar surface area (TPSA) is 358 Å². The van der Waals surface area contributed by atoms with Crippen LogP contribution in [-0.4, -0.2) is 191 Å². The van der Waals surface area contributed by atoms with Crippen LogP contribution in [0.5, 0.6) is 0 Å². The summed E-state index contributed by atoms with van der Waals surface area (Å²) in [6.45, 7) is 14.9. The van der Waals surface area contributed by atoms with Crippen LogP contribution in [-0.2, 0) is 28.6 Å². The number of unbranched alkanes of at least 4 members (excludes halogenated alkanes) is 2. The van der Waals surface area contributed by atoms with Crippen molar-refractivity contribution in [2.45, 2.75) is 237 Å². The normalized spacial score (nSPS) is 37.4. The standard InChI is InChI=1S/C60H105N3O18/c1-35(19-15-13-11-12-14-18-26-63-59(61-9)62-10)27-39(5)56-38(4)20-16-17-21-46(65)40(6)50(69)29-43(64)28-44(79-55(75)33-54(73)74)30-45-31-52(71)57(76)60(78,81-45)34-53(72)37(3)23-24-47(66)41(7)51(70)32-49(68)36(2)22-25-48(67)42(8)58(77)80-56/h11-12,16-17,20-22,25,35-53,56-57,64-72,76,78H,13-15,18-19,23-24,26-34H2,1-10H3,(H,73,74)(H2,61,62,63)/b12-11+,20-16?,21-17?,25-22?. The number of carboxylic acid groups (broad SMARTS) is 1. The number of aliphatic hydroxyl groups is 11. The molecule has 0 aromatic heterocycles. The van der Waals surface area contributed by atoms with Gasteiger partial charge in [0.25, 0.3) is 0 Å². The van der Waals surface area contributed by atoms with Crippen LogP contribution in [0.4, 0.5) is 0 Å². The summed E-state index contributed by atoms with van der Waals surface area (Å²) in [6.07, 6.45) is 0.0639. The summed E-state index contributed by atoms with van der Waals surface area (Å²) in [6, 6.07) is 0. The van der Waals surface area contributed by atoms with Crippen molar-refractivity contribution in [2.75, 3.05) is 20.6 Å². The van der Waals surface area contributed by atoms with E-state index >= 15 is 0 Å². The number of carbonyl (C=O) groups is 3. The Morgan fingerprint density at radius 3 is 2.04 bits per heavy atom. The third kappa shape index (κ3) is 26.7. The fourth-order valence-corrected chi connectivity index (χ4v) is 10.5. The van der Waals surface area contributed by atoms with Gasteiger partial charge < -0.3 is 86.1 Å². The van der Waals surface area contributed by atoms with Crippen molar-refractivity contribution in [1.82, 2.24) is 10.6 Å². The molecular formula is C60H105N3O18. The highest BCUT2D eigenvalue weighted by atomic mass is 16.7. The minimum absolute atomic E-state index is 0.0730. The quantitative estimate of drug-likeness (QED) is 0.0295. The van der Waals surface area contributed by atoms with E-state index in [-0.39, 0.29) is 62.7 Å².